The van der Waals surface area contributed by atoms with E-state index in [0.717, 1.165) is 128 Å². The second-order valence-corrected chi connectivity index (χ2v) is 19.1. The van der Waals surface area contributed by atoms with Crippen LogP contribution in [-0.4, -0.2) is 64.5 Å². The fourth-order valence-corrected chi connectivity index (χ4v) is 10.7. The molecule has 15 heteroatoms. The number of methoxy groups -OCH3 is 5. The van der Waals surface area contributed by atoms with Crippen LogP contribution in [0.5, 0.6) is 28.7 Å². The lowest BCUT2D eigenvalue weighted by Crippen LogP contribution is -2.13. The third kappa shape index (κ3) is 12.7. The number of carbonyl (C=O) groups excluding carboxylic acids is 5. The van der Waals surface area contributed by atoms with Gasteiger partial charge in [-0.15, -0.1) is 0 Å². The average molecular weight is 1110 g/mol. The normalized spacial score (nSPS) is 14.6. The van der Waals surface area contributed by atoms with E-state index in [9.17, 15) is 24.0 Å². The quantitative estimate of drug-likeness (QED) is 0.152. The van der Waals surface area contributed by atoms with E-state index in [1.165, 1.54) is 14.2 Å². The Bertz CT molecular complexity index is 3090. The van der Waals surface area contributed by atoms with E-state index in [0.29, 0.717) is 66.5 Å². The van der Waals surface area contributed by atoms with Gasteiger partial charge in [-0.1, -0.05) is 0 Å². The lowest BCUT2D eigenvalue weighted by molar-refractivity contribution is 0.0964. The van der Waals surface area contributed by atoms with Gasteiger partial charge in [0.2, 0.25) is 5.69 Å². The zero-order chi connectivity index (χ0) is 52.8. The van der Waals surface area contributed by atoms with Crippen molar-refractivity contribution in [3.8, 4) is 40.9 Å². The Morgan fingerprint density at radius 3 is 1.47 bits per heavy atom. The predicted octanol–water partition coefficient (Wildman–Crippen LogP) is 12.9. The van der Waals surface area contributed by atoms with Gasteiger partial charge >= 0.3 is 0 Å². The topological polar surface area (TPSA) is 183 Å². The Morgan fingerprint density at radius 2 is 0.932 bits per heavy atom. The summed E-state index contributed by atoms with van der Waals surface area (Å²) in [6, 6.07) is 22.4. The fraction of sp³-hybridized carbons (Fsp3) is 0.345. The first-order valence-electron chi connectivity index (χ1n) is 23.9. The Kier molecular flexibility index (Phi) is 19.7. The van der Waals surface area contributed by atoms with Gasteiger partial charge in [-0.2, -0.15) is 10.5 Å². The first-order valence-corrected chi connectivity index (χ1v) is 25.5. The van der Waals surface area contributed by atoms with Crippen molar-refractivity contribution in [1.29, 1.82) is 10.5 Å². The van der Waals surface area contributed by atoms with Gasteiger partial charge in [-0.3, -0.25) is 24.0 Å². The highest BCUT2D eigenvalue weighted by molar-refractivity contribution is 9.11. The number of ketones is 5. The third-order valence-corrected chi connectivity index (χ3v) is 14.7. The summed E-state index contributed by atoms with van der Waals surface area (Å²) in [5, 5.41) is 18.2. The van der Waals surface area contributed by atoms with Gasteiger partial charge in [0.1, 0.15) is 40.9 Å². The maximum Gasteiger partial charge on any atom is 0.230 e. The SMILES string of the molecule is COc1cc2c(cc1Br)C(=O)CCC2.COc1ccc2c(c1)CCCC2=O.COc1ccc2c(c1Br)CCCC2=O.COc1ccc2c(c1C#N)CCCC2=O.[C-]#[N+]c1cc2c(c(C#N)c1OC)CCCC2=O. The van der Waals surface area contributed by atoms with Gasteiger partial charge in [0, 0.05) is 59.9 Å². The number of carbonyl (C=O) groups is 5. The average Bonchev–Trinajstić information content (AvgIpc) is 3.41. The summed E-state index contributed by atoms with van der Waals surface area (Å²) >= 11 is 6.86. The van der Waals surface area contributed by atoms with Crippen molar-refractivity contribution in [1.82, 2.24) is 0 Å². The molecule has 5 aromatic carbocycles. The molecule has 0 heterocycles. The van der Waals surface area contributed by atoms with Crippen molar-refractivity contribution in [2.45, 2.75) is 96.3 Å². The summed E-state index contributed by atoms with van der Waals surface area (Å²) in [5.41, 5.74) is 9.81. The first kappa shape index (κ1) is 55.2. The third-order valence-electron chi connectivity index (χ3n) is 13.2. The molecule has 5 aliphatic carbocycles. The van der Waals surface area contributed by atoms with Crippen LogP contribution in [0.4, 0.5) is 5.69 Å². The highest BCUT2D eigenvalue weighted by Crippen LogP contribution is 2.39. The van der Waals surface area contributed by atoms with Crippen LogP contribution >= 0.6 is 31.9 Å². The Balaban J connectivity index is 0.000000149. The summed E-state index contributed by atoms with van der Waals surface area (Å²) in [4.78, 5) is 61.3. The molecule has 73 heavy (non-hydrogen) atoms. The molecule has 0 spiro atoms. The highest BCUT2D eigenvalue weighted by atomic mass is 79.9. The monoisotopic (exact) mass is 1110 g/mol. The van der Waals surface area contributed by atoms with Crippen LogP contribution in [0.3, 0.4) is 0 Å². The van der Waals surface area contributed by atoms with Crippen molar-refractivity contribution in [3.63, 3.8) is 0 Å². The molecule has 10 rings (SSSR count). The van der Waals surface area contributed by atoms with Gasteiger partial charge in [-0.25, -0.2) is 4.85 Å². The maximum atomic E-state index is 11.8. The molecule has 376 valence electrons. The van der Waals surface area contributed by atoms with Crippen LogP contribution < -0.4 is 23.7 Å². The molecule has 0 unspecified atom stereocenters. The second-order valence-electron chi connectivity index (χ2n) is 17.5. The van der Waals surface area contributed by atoms with E-state index < -0.39 is 0 Å². The van der Waals surface area contributed by atoms with E-state index in [-0.39, 0.29) is 40.4 Å². The maximum absolute atomic E-state index is 11.8. The minimum atomic E-state index is 0.00954. The minimum Gasteiger partial charge on any atom is -0.506 e. The standard InChI is InChI=1S/C13H10N2O2.C12H11NO2.2C11H11BrO2.C11H12O2/c1-15-11-6-9-8(4-3-5-12(9)16)10(7-14)13(11)17-2;1-15-12-6-5-9-8(10(12)7-13)3-2-4-11(9)14;1-14-11-5-7-3-2-4-10(13)8(7)6-9(11)12;1-14-10-6-5-7-8(11(10)12)3-2-4-9(7)13;1-13-9-5-6-10-8(7-9)3-2-4-11(10)12/h6H,3-5H2,2H3;5-6H,2-4H2,1H3;2*5-6H,2-4H2,1H3;5-7H,2-4H2,1H3. The van der Waals surface area contributed by atoms with E-state index in [1.807, 2.05) is 48.5 Å². The number of benzene rings is 5. The predicted molar refractivity (Wildman–Crippen MR) is 282 cm³/mol. The molecule has 0 saturated heterocycles. The van der Waals surface area contributed by atoms with Gasteiger partial charge in [0.15, 0.2) is 28.9 Å². The number of halogens is 2. The van der Waals surface area contributed by atoms with Crippen LogP contribution in [0.1, 0.15) is 155 Å². The van der Waals surface area contributed by atoms with Crippen molar-refractivity contribution in [3.05, 3.63) is 148 Å². The number of hydrogen-bond donors (Lipinski definition) is 0. The van der Waals surface area contributed by atoms with Gasteiger partial charge in [-0.05, 0) is 185 Å². The summed E-state index contributed by atoms with van der Waals surface area (Å²) in [5.74, 6) is 4.20. The van der Waals surface area contributed by atoms with Crippen molar-refractivity contribution in [2.75, 3.05) is 35.5 Å². The largest absolute Gasteiger partial charge is 0.506 e. The molecule has 13 nitrogen and oxygen atoms in total. The lowest BCUT2D eigenvalue weighted by Gasteiger charge is -2.18. The molecule has 0 fully saturated rings. The Labute approximate surface area is 442 Å². The van der Waals surface area contributed by atoms with Crippen LogP contribution in [0.15, 0.2) is 69.6 Å². The summed E-state index contributed by atoms with van der Waals surface area (Å²) in [6.45, 7) is 7.07. The molecule has 5 aliphatic rings. The number of nitriles is 2. The van der Waals surface area contributed by atoms with E-state index in [2.05, 4.69) is 42.8 Å². The van der Waals surface area contributed by atoms with Crippen molar-refractivity contribution >= 4 is 66.5 Å². The summed E-state index contributed by atoms with van der Waals surface area (Å²) in [7, 11) is 7.88. The number of hydrogen-bond acceptors (Lipinski definition) is 12. The number of fused-ring (bicyclic) bond motifs is 5. The van der Waals surface area contributed by atoms with E-state index in [1.54, 1.807) is 39.5 Å². The van der Waals surface area contributed by atoms with E-state index >= 15 is 0 Å². The molecule has 0 amide bonds. The number of Topliss-reactive ketones (excluding diaryl/α,β-unsaturated/α-hetero) is 5. The van der Waals surface area contributed by atoms with Crippen molar-refractivity contribution in [2.24, 2.45) is 0 Å². The van der Waals surface area contributed by atoms with Crippen LogP contribution in [-0.2, 0) is 32.1 Å². The van der Waals surface area contributed by atoms with Crippen LogP contribution in [0.25, 0.3) is 4.85 Å². The number of nitrogens with zero attached hydrogens (tertiary/aromatic N) is 3. The Morgan fingerprint density at radius 1 is 0.466 bits per heavy atom. The number of ether oxygens (including phenoxy) is 5. The molecule has 0 radical (unpaired) electrons. The minimum absolute atomic E-state index is 0.00954. The highest BCUT2D eigenvalue weighted by Gasteiger charge is 2.26. The van der Waals surface area contributed by atoms with Crippen molar-refractivity contribution < 1.29 is 47.7 Å². The molecular weight excluding hydrogens is 1060 g/mol. The summed E-state index contributed by atoms with van der Waals surface area (Å²) < 4.78 is 27.5. The molecule has 0 aliphatic heterocycles. The molecule has 0 N–H and O–H groups in total. The second kappa shape index (κ2) is 26.0. The van der Waals surface area contributed by atoms with Gasteiger partial charge in [0.05, 0.1) is 62.2 Å². The zero-order valence-corrected chi connectivity index (χ0v) is 44.7. The van der Waals surface area contributed by atoms with Gasteiger partial charge in [0.25, 0.3) is 0 Å². The summed E-state index contributed by atoms with van der Waals surface area (Å²) in [6.07, 6.45) is 12.0. The smallest absolute Gasteiger partial charge is 0.230 e. The first-order chi connectivity index (χ1) is 35.3. The Hall–Kier alpha value is -7.12. The molecule has 0 atom stereocenters. The number of rotatable bonds is 5. The molecule has 5 aromatic rings. The lowest BCUT2D eigenvalue weighted by atomic mass is 9.86. The number of aryl methyl sites for hydroxylation is 2. The molecule has 0 saturated carbocycles. The van der Waals surface area contributed by atoms with E-state index in [4.69, 9.17) is 40.8 Å². The fourth-order valence-electron chi connectivity index (χ4n) is 9.53. The molecular formula is C58H55Br2N3O10. The molecule has 0 bridgehead atoms. The van der Waals surface area contributed by atoms with Crippen LogP contribution in [0, 0.1) is 29.2 Å². The van der Waals surface area contributed by atoms with Crippen LogP contribution in [0.2, 0.25) is 0 Å². The zero-order valence-electron chi connectivity index (χ0n) is 41.6. The molecule has 0 aromatic heterocycles. The van der Waals surface area contributed by atoms with Gasteiger partial charge < -0.3 is 23.7 Å².